The topological polar surface area (TPSA) is 48.6 Å². The summed E-state index contributed by atoms with van der Waals surface area (Å²) in [6.45, 7) is 3.97. The van der Waals surface area contributed by atoms with Crippen molar-refractivity contribution in [1.29, 1.82) is 0 Å². The number of benzene rings is 2. The number of hydrogen-bond acceptors (Lipinski definition) is 5. The molecule has 0 saturated carbocycles. The van der Waals surface area contributed by atoms with E-state index in [4.69, 9.17) is 4.74 Å². The Balaban J connectivity index is 1.52. The number of aromatic nitrogens is 1. The average Bonchev–Trinajstić information content (AvgIpc) is 3.18. The fourth-order valence-electron chi connectivity index (χ4n) is 3.84. The fraction of sp³-hybridized carbons (Fsp3) is 0.318. The highest BCUT2D eigenvalue weighted by Crippen LogP contribution is 2.28. The Morgan fingerprint density at radius 3 is 2.36 bits per heavy atom. The van der Waals surface area contributed by atoms with Crippen molar-refractivity contribution >= 4 is 17.0 Å². The van der Waals surface area contributed by atoms with Gasteiger partial charge in [-0.2, -0.15) is 0 Å². The summed E-state index contributed by atoms with van der Waals surface area (Å²) in [5.74, 6) is 0.861. The molecule has 1 atom stereocenters. The molecule has 28 heavy (non-hydrogen) atoms. The second-order valence-corrected chi connectivity index (χ2v) is 7.87. The van der Waals surface area contributed by atoms with Crippen molar-refractivity contribution in [3.05, 3.63) is 80.9 Å². The van der Waals surface area contributed by atoms with Crippen LogP contribution in [-0.2, 0) is 6.42 Å². The second-order valence-electron chi connectivity index (χ2n) is 7.03. The summed E-state index contributed by atoms with van der Waals surface area (Å²) in [5, 5.41) is 1.94. The Kier molecular flexibility index (Phi) is 5.78. The molecule has 2 aromatic carbocycles. The van der Waals surface area contributed by atoms with E-state index >= 15 is 0 Å². The normalized spacial score (nSPS) is 16.1. The van der Waals surface area contributed by atoms with Crippen molar-refractivity contribution in [2.75, 3.05) is 38.2 Å². The highest BCUT2D eigenvalue weighted by atomic mass is 32.1. The molecule has 1 aliphatic rings. The van der Waals surface area contributed by atoms with Crippen LogP contribution in [0, 0.1) is 0 Å². The largest absolute Gasteiger partial charge is 0.497 e. The molecule has 1 N–H and O–H groups in total. The number of hydrogen-bond donors (Lipinski definition) is 1. The van der Waals surface area contributed by atoms with Crippen LogP contribution >= 0.6 is 11.3 Å². The molecule has 0 aliphatic carbocycles. The van der Waals surface area contributed by atoms with Gasteiger partial charge in [0.05, 0.1) is 7.11 Å². The molecule has 0 radical (unpaired) electrons. The second kappa shape index (κ2) is 8.63. The number of thiazole rings is 1. The number of nitrogens with one attached hydrogen (secondary N) is 1. The van der Waals surface area contributed by atoms with Crippen molar-refractivity contribution in [3.8, 4) is 5.75 Å². The number of para-hydroxylation sites is 1. The molecule has 1 unspecified atom stereocenters. The highest BCUT2D eigenvalue weighted by Gasteiger charge is 2.26. The third-order valence-electron chi connectivity index (χ3n) is 5.36. The first kappa shape index (κ1) is 18.8. The zero-order chi connectivity index (χ0) is 19.3. The lowest BCUT2D eigenvalue weighted by molar-refractivity contribution is 0.183. The van der Waals surface area contributed by atoms with Crippen LogP contribution in [0.1, 0.15) is 17.3 Å². The number of nitrogens with zero attached hydrogens (tertiary/aromatic N) is 2. The smallest absolute Gasteiger partial charge is 0.304 e. The molecule has 1 fully saturated rings. The Labute approximate surface area is 169 Å². The molecule has 1 aromatic heterocycles. The third kappa shape index (κ3) is 4.29. The number of anilines is 1. The number of ether oxygens (including phenoxy) is 1. The maximum atomic E-state index is 11.6. The summed E-state index contributed by atoms with van der Waals surface area (Å²) in [6, 6.07) is 19.1. The van der Waals surface area contributed by atoms with Crippen LogP contribution in [0.15, 0.2) is 64.8 Å². The maximum Gasteiger partial charge on any atom is 0.304 e. The van der Waals surface area contributed by atoms with Gasteiger partial charge in [-0.25, -0.2) is 0 Å². The van der Waals surface area contributed by atoms with Gasteiger partial charge in [-0.3, -0.25) is 9.69 Å². The Hall–Kier alpha value is -2.57. The molecule has 1 saturated heterocycles. The predicted octanol–water partition coefficient (Wildman–Crippen LogP) is 3.55. The predicted molar refractivity (Wildman–Crippen MR) is 115 cm³/mol. The molecule has 2 heterocycles. The van der Waals surface area contributed by atoms with E-state index in [0.717, 1.165) is 44.0 Å². The lowest BCUT2D eigenvalue weighted by Gasteiger charge is -2.40. The Bertz CT molecular complexity index is 928. The van der Waals surface area contributed by atoms with Crippen LogP contribution in [0.4, 0.5) is 5.69 Å². The minimum atomic E-state index is 0.0115. The van der Waals surface area contributed by atoms with E-state index in [1.807, 2.05) is 17.5 Å². The van der Waals surface area contributed by atoms with Crippen molar-refractivity contribution in [2.24, 2.45) is 0 Å². The molecule has 0 spiro atoms. The van der Waals surface area contributed by atoms with Gasteiger partial charge in [-0.05, 0) is 29.8 Å². The van der Waals surface area contributed by atoms with E-state index in [0.29, 0.717) is 0 Å². The molecular weight excluding hydrogens is 370 g/mol. The zero-order valence-corrected chi connectivity index (χ0v) is 16.8. The molecule has 3 aromatic rings. The van der Waals surface area contributed by atoms with Gasteiger partial charge < -0.3 is 14.6 Å². The summed E-state index contributed by atoms with van der Waals surface area (Å²) in [4.78, 5) is 19.5. The minimum Gasteiger partial charge on any atom is -0.497 e. The summed E-state index contributed by atoms with van der Waals surface area (Å²) in [5.41, 5.74) is 3.53. The first-order valence-electron chi connectivity index (χ1n) is 9.57. The van der Waals surface area contributed by atoms with E-state index < -0.39 is 0 Å². The van der Waals surface area contributed by atoms with Gasteiger partial charge in [0, 0.05) is 55.4 Å². The van der Waals surface area contributed by atoms with Crippen LogP contribution in [0.5, 0.6) is 5.75 Å². The molecule has 0 amide bonds. The van der Waals surface area contributed by atoms with Gasteiger partial charge in [0.15, 0.2) is 0 Å². The van der Waals surface area contributed by atoms with Crippen molar-refractivity contribution in [2.45, 2.75) is 12.5 Å². The monoisotopic (exact) mass is 395 g/mol. The summed E-state index contributed by atoms with van der Waals surface area (Å²) < 4.78 is 5.31. The van der Waals surface area contributed by atoms with Gasteiger partial charge in [-0.15, -0.1) is 0 Å². The standard InChI is InChI=1S/C22H25N3O2S/c1-27-20-9-7-17(8-10-20)21(15-18-16-28-22(26)23-18)25-13-11-24(12-14-25)19-5-3-2-4-6-19/h2-10,16,21H,11-15H2,1H3,(H,23,26). The van der Waals surface area contributed by atoms with Crippen LogP contribution < -0.4 is 14.5 Å². The van der Waals surface area contributed by atoms with Crippen LogP contribution in [0.3, 0.4) is 0 Å². The van der Waals surface area contributed by atoms with Crippen molar-refractivity contribution in [1.82, 2.24) is 9.88 Å². The number of rotatable bonds is 6. The highest BCUT2D eigenvalue weighted by molar-refractivity contribution is 7.07. The van der Waals surface area contributed by atoms with Gasteiger partial charge in [-0.1, -0.05) is 41.7 Å². The van der Waals surface area contributed by atoms with Crippen molar-refractivity contribution < 1.29 is 4.74 Å². The zero-order valence-electron chi connectivity index (χ0n) is 16.0. The summed E-state index contributed by atoms with van der Waals surface area (Å²) in [7, 11) is 1.69. The van der Waals surface area contributed by atoms with E-state index in [1.165, 1.54) is 22.6 Å². The summed E-state index contributed by atoms with van der Waals surface area (Å²) in [6.07, 6.45) is 0.802. The SMILES string of the molecule is COc1ccc(C(Cc2csc(=O)[nH]2)N2CCN(c3ccccc3)CC2)cc1. The van der Waals surface area contributed by atoms with Gasteiger partial charge in [0.2, 0.25) is 0 Å². The van der Waals surface area contributed by atoms with Crippen molar-refractivity contribution in [3.63, 3.8) is 0 Å². The van der Waals surface area contributed by atoms with Crippen LogP contribution in [0.2, 0.25) is 0 Å². The molecule has 5 nitrogen and oxygen atoms in total. The van der Waals surface area contributed by atoms with E-state index in [-0.39, 0.29) is 10.9 Å². The first-order valence-corrected chi connectivity index (χ1v) is 10.5. The third-order valence-corrected chi connectivity index (χ3v) is 6.08. The average molecular weight is 396 g/mol. The van der Waals surface area contributed by atoms with E-state index in [1.54, 1.807) is 7.11 Å². The molecule has 6 heteroatoms. The molecule has 4 rings (SSSR count). The lowest BCUT2D eigenvalue weighted by atomic mass is 9.99. The number of aromatic amines is 1. The summed E-state index contributed by atoms with van der Waals surface area (Å²) >= 11 is 1.23. The fourth-order valence-corrected chi connectivity index (χ4v) is 4.43. The van der Waals surface area contributed by atoms with Crippen LogP contribution in [-0.4, -0.2) is 43.2 Å². The molecule has 0 bridgehead atoms. The van der Waals surface area contributed by atoms with Gasteiger partial charge >= 0.3 is 4.87 Å². The lowest BCUT2D eigenvalue weighted by Crippen LogP contribution is -2.48. The first-order chi connectivity index (χ1) is 13.7. The van der Waals surface area contributed by atoms with E-state index in [9.17, 15) is 4.79 Å². The molecular formula is C22H25N3O2S. The quantitative estimate of drug-likeness (QED) is 0.693. The van der Waals surface area contributed by atoms with Crippen LogP contribution in [0.25, 0.3) is 0 Å². The number of piperazine rings is 1. The van der Waals surface area contributed by atoms with E-state index in [2.05, 4.69) is 57.2 Å². The number of H-pyrrole nitrogens is 1. The molecule has 146 valence electrons. The Morgan fingerprint density at radius 1 is 1.04 bits per heavy atom. The minimum absolute atomic E-state index is 0.0115. The molecule has 1 aliphatic heterocycles. The van der Waals surface area contributed by atoms with Gasteiger partial charge in [0.25, 0.3) is 0 Å². The maximum absolute atomic E-state index is 11.6. The Morgan fingerprint density at radius 2 is 1.75 bits per heavy atom. The number of methoxy groups -OCH3 is 1. The van der Waals surface area contributed by atoms with Gasteiger partial charge in [0.1, 0.15) is 5.75 Å².